The quantitative estimate of drug-likeness (QED) is 0.507. The number of aryl methyl sites for hydroxylation is 2. The molecule has 1 aliphatic rings. The highest BCUT2D eigenvalue weighted by atomic mass is 32.2. The molecule has 2 N–H and O–H groups in total. The molecule has 3 aromatic rings. The maximum Gasteiger partial charge on any atom is 0.337 e. The third-order valence-electron chi connectivity index (χ3n) is 6.16. The number of halogens is 1. The lowest BCUT2D eigenvalue weighted by Gasteiger charge is -2.36. The minimum atomic E-state index is -3.88. The number of hydrogen-bond acceptors (Lipinski definition) is 5. The summed E-state index contributed by atoms with van der Waals surface area (Å²) in [6.07, 6.45) is 0. The highest BCUT2D eigenvalue weighted by Gasteiger charge is 2.24. The van der Waals surface area contributed by atoms with Crippen LogP contribution in [0.2, 0.25) is 0 Å². The van der Waals surface area contributed by atoms with Crippen LogP contribution >= 0.6 is 0 Å². The number of sulfonamides is 1. The Kier molecular flexibility index (Phi) is 7.09. The first-order valence-corrected chi connectivity index (χ1v) is 12.8. The van der Waals surface area contributed by atoms with Gasteiger partial charge >= 0.3 is 5.97 Å². The molecule has 0 atom stereocenters. The van der Waals surface area contributed by atoms with Gasteiger partial charge in [0.05, 0.1) is 16.1 Å². The molecule has 1 heterocycles. The summed E-state index contributed by atoms with van der Waals surface area (Å²) in [6, 6.07) is 16.3. The Morgan fingerprint density at radius 1 is 1.00 bits per heavy atom. The third kappa shape index (κ3) is 5.63. The van der Waals surface area contributed by atoms with Crippen LogP contribution in [0.25, 0.3) is 0 Å². The number of nitrogens with zero attached hydrogens (tertiary/aromatic N) is 2. The number of rotatable bonds is 7. The number of carboxylic acid groups (broad SMARTS) is 1. The van der Waals surface area contributed by atoms with Gasteiger partial charge in [0.1, 0.15) is 5.82 Å². The van der Waals surface area contributed by atoms with E-state index in [-0.39, 0.29) is 22.0 Å². The molecule has 0 bridgehead atoms. The minimum absolute atomic E-state index is 0.0216. The van der Waals surface area contributed by atoms with Crippen LogP contribution in [-0.4, -0.2) is 50.6 Å². The summed E-state index contributed by atoms with van der Waals surface area (Å²) in [5.41, 5.74) is 2.93. The van der Waals surface area contributed by atoms with Crippen LogP contribution in [0.15, 0.2) is 65.6 Å². The molecule has 35 heavy (non-hydrogen) atoms. The fraction of sp³-hybridized carbons (Fsp3) is 0.269. The standard InChI is InChI=1S/C26H28FN3O4S/c1-18-7-10-25(19(2)15-18)35(33,34)28-21-8-9-24(22(16-21)26(31)32)30-13-11-29(12-14-30)17-20-5-3-4-6-23(20)27/h3-10,15-16,28H,11-14,17H2,1-2H3,(H,31,32). The molecule has 0 amide bonds. The van der Waals surface area contributed by atoms with Crippen molar-refractivity contribution < 1.29 is 22.7 Å². The van der Waals surface area contributed by atoms with Crippen LogP contribution in [0.4, 0.5) is 15.8 Å². The predicted molar refractivity (Wildman–Crippen MR) is 134 cm³/mol. The van der Waals surface area contributed by atoms with Gasteiger partial charge in [-0.2, -0.15) is 0 Å². The summed E-state index contributed by atoms with van der Waals surface area (Å²) in [5, 5.41) is 9.83. The maximum absolute atomic E-state index is 14.0. The summed E-state index contributed by atoms with van der Waals surface area (Å²) in [6.45, 7) is 6.53. The van der Waals surface area contributed by atoms with Crippen LogP contribution in [-0.2, 0) is 16.6 Å². The monoisotopic (exact) mass is 497 g/mol. The van der Waals surface area contributed by atoms with Crippen molar-refractivity contribution in [3.8, 4) is 0 Å². The molecule has 0 saturated carbocycles. The van der Waals surface area contributed by atoms with E-state index in [9.17, 15) is 22.7 Å². The average Bonchev–Trinajstić information content (AvgIpc) is 2.80. The van der Waals surface area contributed by atoms with Crippen molar-refractivity contribution in [3.63, 3.8) is 0 Å². The van der Waals surface area contributed by atoms with Gasteiger partial charge in [-0.1, -0.05) is 35.9 Å². The number of anilines is 2. The predicted octanol–water partition coefficient (Wildman–Crippen LogP) is 4.26. The fourth-order valence-electron chi connectivity index (χ4n) is 4.37. The normalized spacial score (nSPS) is 14.7. The Bertz CT molecular complexity index is 1350. The zero-order valence-corrected chi connectivity index (χ0v) is 20.5. The van der Waals surface area contributed by atoms with E-state index in [0.29, 0.717) is 49.5 Å². The van der Waals surface area contributed by atoms with E-state index in [0.717, 1.165) is 5.56 Å². The number of benzene rings is 3. The van der Waals surface area contributed by atoms with Crippen LogP contribution in [0.3, 0.4) is 0 Å². The molecule has 1 fully saturated rings. The van der Waals surface area contributed by atoms with Crippen LogP contribution in [0, 0.1) is 19.7 Å². The first-order valence-electron chi connectivity index (χ1n) is 11.3. The number of carboxylic acids is 1. The third-order valence-corrected chi connectivity index (χ3v) is 7.71. The molecule has 1 aliphatic heterocycles. The smallest absolute Gasteiger partial charge is 0.337 e. The van der Waals surface area contributed by atoms with Gasteiger partial charge in [0, 0.05) is 44.0 Å². The Morgan fingerprint density at radius 3 is 2.37 bits per heavy atom. The van der Waals surface area contributed by atoms with Gasteiger partial charge in [-0.05, 0) is 49.7 Å². The highest BCUT2D eigenvalue weighted by molar-refractivity contribution is 7.92. The van der Waals surface area contributed by atoms with Gasteiger partial charge in [-0.3, -0.25) is 9.62 Å². The topological polar surface area (TPSA) is 90.0 Å². The number of carbonyl (C=O) groups is 1. The molecule has 0 unspecified atom stereocenters. The second-order valence-electron chi connectivity index (χ2n) is 8.77. The molecular formula is C26H28FN3O4S. The summed E-state index contributed by atoms with van der Waals surface area (Å²) in [4.78, 5) is 16.3. The molecule has 7 nitrogen and oxygen atoms in total. The van der Waals surface area contributed by atoms with Crippen LogP contribution in [0.5, 0.6) is 0 Å². The Hall–Kier alpha value is -3.43. The van der Waals surface area contributed by atoms with Gasteiger partial charge in [0.15, 0.2) is 0 Å². The lowest BCUT2D eigenvalue weighted by Crippen LogP contribution is -2.46. The summed E-state index contributed by atoms with van der Waals surface area (Å²) >= 11 is 0. The van der Waals surface area contributed by atoms with Crippen molar-refractivity contribution in [2.75, 3.05) is 35.8 Å². The van der Waals surface area contributed by atoms with E-state index < -0.39 is 16.0 Å². The zero-order valence-electron chi connectivity index (χ0n) is 19.7. The van der Waals surface area contributed by atoms with Gasteiger partial charge in [-0.15, -0.1) is 0 Å². The number of aromatic carboxylic acids is 1. The molecule has 1 saturated heterocycles. The van der Waals surface area contributed by atoms with Crippen LogP contribution in [0.1, 0.15) is 27.0 Å². The molecular weight excluding hydrogens is 469 g/mol. The minimum Gasteiger partial charge on any atom is -0.478 e. The van der Waals surface area contributed by atoms with Crippen molar-refractivity contribution >= 4 is 27.4 Å². The number of hydrogen-bond donors (Lipinski definition) is 2. The molecule has 184 valence electrons. The summed E-state index contributed by atoms with van der Waals surface area (Å²) < 4.78 is 42.3. The fourth-order valence-corrected chi connectivity index (χ4v) is 5.65. The van der Waals surface area contributed by atoms with E-state index in [1.807, 2.05) is 17.9 Å². The molecule has 9 heteroatoms. The Morgan fingerprint density at radius 2 is 1.71 bits per heavy atom. The molecule has 4 rings (SSSR count). The van der Waals surface area contributed by atoms with E-state index in [4.69, 9.17) is 0 Å². The van der Waals surface area contributed by atoms with Gasteiger partial charge in [0.25, 0.3) is 10.0 Å². The Balaban J connectivity index is 1.49. The number of nitrogens with one attached hydrogen (secondary N) is 1. The second kappa shape index (κ2) is 10.1. The zero-order chi connectivity index (χ0) is 25.2. The molecule has 3 aromatic carbocycles. The van der Waals surface area contributed by atoms with E-state index in [1.165, 1.54) is 12.1 Å². The molecule has 0 aliphatic carbocycles. The van der Waals surface area contributed by atoms with Gasteiger partial charge < -0.3 is 10.0 Å². The summed E-state index contributed by atoms with van der Waals surface area (Å²) in [5.74, 6) is -1.37. The SMILES string of the molecule is Cc1ccc(S(=O)(=O)Nc2ccc(N3CCN(Cc4ccccc4F)CC3)c(C(=O)O)c2)c(C)c1. The summed E-state index contributed by atoms with van der Waals surface area (Å²) in [7, 11) is -3.88. The van der Waals surface area contributed by atoms with Gasteiger partial charge in [-0.25, -0.2) is 17.6 Å². The van der Waals surface area contributed by atoms with Crippen molar-refractivity contribution in [3.05, 3.63) is 88.7 Å². The van der Waals surface area contributed by atoms with Gasteiger partial charge in [0.2, 0.25) is 0 Å². The lowest BCUT2D eigenvalue weighted by atomic mass is 10.1. The van der Waals surface area contributed by atoms with Crippen LogP contribution < -0.4 is 9.62 Å². The van der Waals surface area contributed by atoms with Crippen molar-refractivity contribution in [2.45, 2.75) is 25.3 Å². The average molecular weight is 498 g/mol. The highest BCUT2D eigenvalue weighted by Crippen LogP contribution is 2.28. The maximum atomic E-state index is 14.0. The number of piperazine rings is 1. The largest absolute Gasteiger partial charge is 0.478 e. The van der Waals surface area contributed by atoms with E-state index in [2.05, 4.69) is 9.62 Å². The molecule has 0 spiro atoms. The van der Waals surface area contributed by atoms with Crippen molar-refractivity contribution in [2.24, 2.45) is 0 Å². The lowest BCUT2D eigenvalue weighted by molar-refractivity contribution is 0.0697. The van der Waals surface area contributed by atoms with Crippen molar-refractivity contribution in [1.29, 1.82) is 0 Å². The Labute approximate surface area is 204 Å². The second-order valence-corrected chi connectivity index (χ2v) is 10.4. The molecule has 0 aromatic heterocycles. The molecule has 0 radical (unpaired) electrons. The first-order chi connectivity index (χ1) is 16.6. The van der Waals surface area contributed by atoms with E-state index in [1.54, 1.807) is 49.4 Å². The van der Waals surface area contributed by atoms with E-state index >= 15 is 0 Å². The van der Waals surface area contributed by atoms with Crippen molar-refractivity contribution in [1.82, 2.24) is 4.90 Å². The first kappa shape index (κ1) is 24.7.